The second kappa shape index (κ2) is 5.35. The lowest BCUT2D eigenvalue weighted by Crippen LogP contribution is -2.30. The molecule has 82 valence electrons. The van der Waals surface area contributed by atoms with Gasteiger partial charge < -0.3 is 14.8 Å². The number of rotatable bonds is 4. The zero-order valence-corrected chi connectivity index (χ0v) is 8.96. The van der Waals surface area contributed by atoms with E-state index >= 15 is 0 Å². The van der Waals surface area contributed by atoms with Gasteiger partial charge in [-0.2, -0.15) is 0 Å². The summed E-state index contributed by atoms with van der Waals surface area (Å²) in [7, 11) is -1.69. The van der Waals surface area contributed by atoms with E-state index in [1.54, 1.807) is 0 Å². The van der Waals surface area contributed by atoms with Crippen LogP contribution in [0.1, 0.15) is 13.3 Å². The van der Waals surface area contributed by atoms with Gasteiger partial charge in [-0.25, -0.2) is 4.39 Å². The lowest BCUT2D eigenvalue weighted by molar-refractivity contribution is 0.301. The number of benzene rings is 1. The van der Waals surface area contributed by atoms with Crippen molar-refractivity contribution in [2.45, 2.75) is 13.3 Å². The van der Waals surface area contributed by atoms with Crippen LogP contribution in [0.2, 0.25) is 5.02 Å². The molecule has 0 aliphatic heterocycles. The third kappa shape index (κ3) is 3.09. The van der Waals surface area contributed by atoms with Gasteiger partial charge in [0.05, 0.1) is 11.6 Å². The average Bonchev–Trinajstić information content (AvgIpc) is 2.19. The first kappa shape index (κ1) is 12.3. The average molecular weight is 232 g/mol. The van der Waals surface area contributed by atoms with Gasteiger partial charge in [-0.3, -0.25) is 0 Å². The van der Waals surface area contributed by atoms with E-state index in [0.717, 1.165) is 12.5 Å². The van der Waals surface area contributed by atoms with E-state index in [2.05, 4.69) is 0 Å². The van der Waals surface area contributed by atoms with Crippen LogP contribution in [0.15, 0.2) is 12.1 Å². The minimum Gasteiger partial charge on any atom is -0.490 e. The van der Waals surface area contributed by atoms with Gasteiger partial charge in [0.15, 0.2) is 11.6 Å². The van der Waals surface area contributed by atoms with Gasteiger partial charge in [-0.15, -0.1) is 0 Å². The van der Waals surface area contributed by atoms with Crippen molar-refractivity contribution in [3.63, 3.8) is 0 Å². The first-order valence-electron chi connectivity index (χ1n) is 4.54. The van der Waals surface area contributed by atoms with E-state index in [1.165, 1.54) is 6.07 Å². The molecule has 15 heavy (non-hydrogen) atoms. The Kier molecular flexibility index (Phi) is 4.38. The molecule has 0 saturated carbocycles. The van der Waals surface area contributed by atoms with E-state index in [1.807, 2.05) is 6.92 Å². The van der Waals surface area contributed by atoms with Crippen molar-refractivity contribution in [2.75, 3.05) is 6.61 Å². The Balaban J connectivity index is 3.02. The predicted octanol–water partition coefficient (Wildman–Crippen LogP) is 0.948. The second-order valence-corrected chi connectivity index (χ2v) is 3.44. The quantitative estimate of drug-likeness (QED) is 0.760. The molecular weight excluding hydrogens is 221 g/mol. The van der Waals surface area contributed by atoms with Crippen molar-refractivity contribution < 1.29 is 19.2 Å². The minimum atomic E-state index is -1.69. The van der Waals surface area contributed by atoms with Crippen molar-refractivity contribution >= 4 is 24.2 Å². The van der Waals surface area contributed by atoms with Gasteiger partial charge in [-0.1, -0.05) is 18.5 Å². The van der Waals surface area contributed by atoms with Gasteiger partial charge in [0.1, 0.15) is 0 Å². The molecule has 6 heteroatoms. The molecule has 0 saturated heterocycles. The number of halogens is 2. The highest BCUT2D eigenvalue weighted by molar-refractivity contribution is 6.59. The number of ether oxygens (including phenoxy) is 1. The van der Waals surface area contributed by atoms with Crippen molar-refractivity contribution in [2.24, 2.45) is 0 Å². The maximum absolute atomic E-state index is 13.3. The molecule has 0 fully saturated rings. The van der Waals surface area contributed by atoms with Crippen LogP contribution in [-0.4, -0.2) is 23.8 Å². The maximum atomic E-state index is 13.3. The molecule has 1 rings (SSSR count). The van der Waals surface area contributed by atoms with Gasteiger partial charge in [0.25, 0.3) is 0 Å². The third-order valence-electron chi connectivity index (χ3n) is 1.78. The van der Waals surface area contributed by atoms with Gasteiger partial charge >= 0.3 is 7.12 Å². The SMILES string of the molecule is CCCOc1cc(B(O)O)cc(Cl)c1F. The Hall–Kier alpha value is -0.775. The summed E-state index contributed by atoms with van der Waals surface area (Å²) in [5.41, 5.74) is 0.104. The normalized spacial score (nSPS) is 10.2. The third-order valence-corrected chi connectivity index (χ3v) is 2.05. The van der Waals surface area contributed by atoms with Crippen LogP contribution >= 0.6 is 11.6 Å². The van der Waals surface area contributed by atoms with Crippen molar-refractivity contribution in [1.29, 1.82) is 0 Å². The number of hydrogen-bond acceptors (Lipinski definition) is 3. The minimum absolute atomic E-state index is 0.0625. The smallest absolute Gasteiger partial charge is 0.488 e. The molecular formula is C9H11BClFO3. The fraction of sp³-hybridized carbons (Fsp3) is 0.333. The Morgan fingerprint density at radius 3 is 2.67 bits per heavy atom. The zero-order valence-electron chi connectivity index (χ0n) is 8.20. The first-order valence-corrected chi connectivity index (χ1v) is 4.92. The molecule has 2 N–H and O–H groups in total. The summed E-state index contributed by atoms with van der Waals surface area (Å²) in [6, 6.07) is 2.38. The summed E-state index contributed by atoms with van der Waals surface area (Å²) in [6.45, 7) is 2.22. The van der Waals surface area contributed by atoms with Crippen LogP contribution in [0, 0.1) is 5.82 Å². The molecule has 0 unspecified atom stereocenters. The summed E-state index contributed by atoms with van der Waals surface area (Å²) < 4.78 is 18.4. The molecule has 0 atom stereocenters. The lowest BCUT2D eigenvalue weighted by atomic mass is 9.80. The second-order valence-electron chi connectivity index (χ2n) is 3.04. The fourth-order valence-electron chi connectivity index (χ4n) is 1.05. The van der Waals surface area contributed by atoms with Crippen LogP contribution in [0.25, 0.3) is 0 Å². The van der Waals surface area contributed by atoms with Crippen molar-refractivity contribution in [3.8, 4) is 5.75 Å². The first-order chi connectivity index (χ1) is 7.06. The molecule has 0 heterocycles. The molecule has 0 amide bonds. The Morgan fingerprint density at radius 1 is 1.47 bits per heavy atom. The largest absolute Gasteiger partial charge is 0.490 e. The highest BCUT2D eigenvalue weighted by Gasteiger charge is 2.17. The summed E-state index contributed by atoms with van der Waals surface area (Å²) >= 11 is 5.56. The summed E-state index contributed by atoms with van der Waals surface area (Å²) in [6.07, 6.45) is 0.725. The summed E-state index contributed by atoms with van der Waals surface area (Å²) in [4.78, 5) is 0. The summed E-state index contributed by atoms with van der Waals surface area (Å²) in [5.74, 6) is -0.748. The van der Waals surface area contributed by atoms with Crippen molar-refractivity contribution in [3.05, 3.63) is 23.0 Å². The molecule has 3 nitrogen and oxygen atoms in total. The molecule has 0 bridgehead atoms. The van der Waals surface area contributed by atoms with Crippen LogP contribution in [0.3, 0.4) is 0 Å². The number of hydrogen-bond donors (Lipinski definition) is 2. The molecule has 1 aromatic carbocycles. The van der Waals surface area contributed by atoms with Gasteiger partial charge in [0.2, 0.25) is 0 Å². The van der Waals surface area contributed by atoms with Crippen molar-refractivity contribution in [1.82, 2.24) is 0 Å². The molecule has 0 aliphatic carbocycles. The van der Waals surface area contributed by atoms with Crippen LogP contribution in [-0.2, 0) is 0 Å². The van der Waals surface area contributed by atoms with Crippen LogP contribution < -0.4 is 10.2 Å². The predicted molar refractivity (Wildman–Crippen MR) is 57.0 cm³/mol. The summed E-state index contributed by atoms with van der Waals surface area (Å²) in [5, 5.41) is 17.6. The fourth-order valence-corrected chi connectivity index (χ4v) is 1.27. The van der Waals surface area contributed by atoms with Gasteiger partial charge in [-0.05, 0) is 24.0 Å². The van der Waals surface area contributed by atoms with Gasteiger partial charge in [0, 0.05) is 0 Å². The molecule has 0 aromatic heterocycles. The standard InChI is InChI=1S/C9H11BClFO3/c1-2-3-15-8-5-6(10(13)14)4-7(11)9(8)12/h4-5,13-14H,2-3H2,1H3. The lowest BCUT2D eigenvalue weighted by Gasteiger charge is -2.09. The molecule has 0 radical (unpaired) electrons. The van der Waals surface area contributed by atoms with Crippen LogP contribution in [0.4, 0.5) is 4.39 Å². The highest BCUT2D eigenvalue weighted by atomic mass is 35.5. The topological polar surface area (TPSA) is 49.7 Å². The van der Waals surface area contributed by atoms with E-state index in [9.17, 15) is 4.39 Å². The monoisotopic (exact) mass is 232 g/mol. The Morgan fingerprint density at radius 2 is 2.13 bits per heavy atom. The van der Waals surface area contributed by atoms with Crippen LogP contribution in [0.5, 0.6) is 5.75 Å². The molecule has 0 spiro atoms. The maximum Gasteiger partial charge on any atom is 0.488 e. The molecule has 0 aliphatic rings. The highest BCUT2D eigenvalue weighted by Crippen LogP contribution is 2.23. The Labute approximate surface area is 92.6 Å². The van der Waals surface area contributed by atoms with E-state index in [0.29, 0.717) is 6.61 Å². The molecule has 1 aromatic rings. The van der Waals surface area contributed by atoms with E-state index < -0.39 is 12.9 Å². The van der Waals surface area contributed by atoms with E-state index in [-0.39, 0.29) is 16.2 Å². The van der Waals surface area contributed by atoms with E-state index in [4.69, 9.17) is 26.4 Å². The zero-order chi connectivity index (χ0) is 11.4. The Bertz CT molecular complexity index is 346.